The van der Waals surface area contributed by atoms with E-state index < -0.39 is 21.6 Å². The Kier molecular flexibility index (Phi) is 5.93. The van der Waals surface area contributed by atoms with Crippen LogP contribution in [0.5, 0.6) is 0 Å². The Morgan fingerprint density at radius 3 is 2.55 bits per heavy atom. The molecule has 1 N–H and O–H groups in total. The van der Waals surface area contributed by atoms with Gasteiger partial charge in [-0.25, -0.2) is 8.42 Å². The van der Waals surface area contributed by atoms with Crippen LogP contribution in [0, 0.1) is 0 Å². The number of morpholine rings is 1. The topological polar surface area (TPSA) is 84.9 Å². The van der Waals surface area contributed by atoms with Crippen LogP contribution in [-0.2, 0) is 24.3 Å². The molecule has 1 fully saturated rings. The molecule has 1 aliphatic rings. The second kappa shape index (κ2) is 6.84. The van der Waals surface area contributed by atoms with Crippen LogP contribution in [-0.4, -0.2) is 69.4 Å². The summed E-state index contributed by atoms with van der Waals surface area (Å²) < 4.78 is 35.2. The van der Waals surface area contributed by atoms with E-state index in [9.17, 15) is 13.2 Å². The summed E-state index contributed by atoms with van der Waals surface area (Å²) in [4.78, 5) is 11.8. The average Bonchev–Trinajstić information content (AvgIpc) is 2.25. The second-order valence-electron chi connectivity index (χ2n) is 5.84. The van der Waals surface area contributed by atoms with Crippen LogP contribution < -0.4 is 5.32 Å². The SMILES string of the molecule is CC(C)(C)OC(=O)CN(C[C@H]1CNCCO1)S(C)(=O)=O. The maximum Gasteiger partial charge on any atom is 0.321 e. The number of esters is 1. The lowest BCUT2D eigenvalue weighted by molar-refractivity contribution is -0.155. The Balaban J connectivity index is 2.63. The van der Waals surface area contributed by atoms with Crippen molar-refractivity contribution in [1.82, 2.24) is 9.62 Å². The van der Waals surface area contributed by atoms with Crippen molar-refractivity contribution in [2.45, 2.75) is 32.5 Å². The Morgan fingerprint density at radius 2 is 2.10 bits per heavy atom. The predicted octanol–water partition coefficient (Wildman–Crippen LogP) is -0.422. The third kappa shape index (κ3) is 6.65. The maximum atomic E-state index is 11.8. The van der Waals surface area contributed by atoms with Crippen molar-refractivity contribution in [2.24, 2.45) is 0 Å². The number of sulfonamides is 1. The van der Waals surface area contributed by atoms with Gasteiger partial charge in [0.15, 0.2) is 0 Å². The molecule has 0 aromatic heterocycles. The minimum absolute atomic E-state index is 0.144. The molecule has 0 bridgehead atoms. The van der Waals surface area contributed by atoms with Gasteiger partial charge in [0.25, 0.3) is 0 Å². The van der Waals surface area contributed by atoms with E-state index in [1.807, 2.05) is 0 Å². The molecule has 0 unspecified atom stereocenters. The Labute approximate surface area is 120 Å². The van der Waals surface area contributed by atoms with Crippen molar-refractivity contribution in [1.29, 1.82) is 0 Å². The highest BCUT2D eigenvalue weighted by Crippen LogP contribution is 2.10. The van der Waals surface area contributed by atoms with Crippen molar-refractivity contribution >= 4 is 16.0 Å². The predicted molar refractivity (Wildman–Crippen MR) is 74.9 cm³/mol. The smallest absolute Gasteiger partial charge is 0.321 e. The maximum absolute atomic E-state index is 11.8. The number of ether oxygens (including phenoxy) is 2. The van der Waals surface area contributed by atoms with Crippen LogP contribution in [0.4, 0.5) is 0 Å². The van der Waals surface area contributed by atoms with E-state index in [0.717, 1.165) is 17.1 Å². The van der Waals surface area contributed by atoms with E-state index in [1.54, 1.807) is 20.8 Å². The molecule has 8 heteroatoms. The van der Waals surface area contributed by atoms with Crippen LogP contribution in [0.15, 0.2) is 0 Å². The fourth-order valence-electron chi connectivity index (χ4n) is 1.80. The number of rotatable bonds is 5. The normalized spacial score (nSPS) is 20.9. The molecule has 0 saturated carbocycles. The number of carbonyl (C=O) groups excluding carboxylic acids is 1. The molecule has 20 heavy (non-hydrogen) atoms. The Morgan fingerprint density at radius 1 is 1.45 bits per heavy atom. The van der Waals surface area contributed by atoms with Gasteiger partial charge in [0, 0.05) is 19.6 Å². The third-order valence-electron chi connectivity index (χ3n) is 2.61. The first kappa shape index (κ1) is 17.4. The van der Waals surface area contributed by atoms with Crippen molar-refractivity contribution in [3.05, 3.63) is 0 Å². The zero-order valence-electron chi connectivity index (χ0n) is 12.5. The molecule has 1 aliphatic heterocycles. The summed E-state index contributed by atoms with van der Waals surface area (Å²) in [6.45, 7) is 6.93. The number of nitrogens with zero attached hydrogens (tertiary/aromatic N) is 1. The zero-order valence-corrected chi connectivity index (χ0v) is 13.3. The van der Waals surface area contributed by atoms with Crippen LogP contribution in [0.3, 0.4) is 0 Å². The minimum atomic E-state index is -3.49. The van der Waals surface area contributed by atoms with Gasteiger partial charge in [-0.1, -0.05) is 0 Å². The van der Waals surface area contributed by atoms with E-state index in [0.29, 0.717) is 13.2 Å². The molecule has 1 heterocycles. The van der Waals surface area contributed by atoms with Gasteiger partial charge in [-0.3, -0.25) is 4.79 Å². The van der Waals surface area contributed by atoms with Gasteiger partial charge in [-0.15, -0.1) is 0 Å². The lowest BCUT2D eigenvalue weighted by atomic mass is 10.2. The number of hydrogen-bond donors (Lipinski definition) is 1. The van der Waals surface area contributed by atoms with Gasteiger partial charge in [-0.05, 0) is 20.8 Å². The first-order chi connectivity index (χ1) is 9.08. The van der Waals surface area contributed by atoms with E-state index in [4.69, 9.17) is 9.47 Å². The van der Waals surface area contributed by atoms with Gasteiger partial charge in [0.05, 0.1) is 19.0 Å². The lowest BCUT2D eigenvalue weighted by Crippen LogP contribution is -2.48. The first-order valence-electron chi connectivity index (χ1n) is 6.57. The molecule has 118 valence electrons. The summed E-state index contributed by atoms with van der Waals surface area (Å²) in [5, 5.41) is 3.12. The molecule has 0 aliphatic carbocycles. The van der Waals surface area contributed by atoms with Crippen molar-refractivity contribution in [2.75, 3.05) is 39.0 Å². The number of hydrogen-bond acceptors (Lipinski definition) is 6. The summed E-state index contributed by atoms with van der Waals surface area (Å²) in [6.07, 6.45) is 0.828. The molecular weight excluding hydrogens is 284 g/mol. The average molecular weight is 308 g/mol. The van der Waals surface area contributed by atoms with Crippen LogP contribution >= 0.6 is 0 Å². The Bertz CT molecular complexity index is 424. The van der Waals surface area contributed by atoms with E-state index in [-0.39, 0.29) is 19.2 Å². The monoisotopic (exact) mass is 308 g/mol. The molecule has 0 amide bonds. The summed E-state index contributed by atoms with van der Waals surface area (Å²) in [6, 6.07) is 0. The quantitative estimate of drug-likeness (QED) is 0.694. The largest absolute Gasteiger partial charge is 0.459 e. The van der Waals surface area contributed by atoms with Gasteiger partial charge in [-0.2, -0.15) is 4.31 Å². The molecule has 7 nitrogen and oxygen atoms in total. The van der Waals surface area contributed by atoms with Crippen LogP contribution in [0.1, 0.15) is 20.8 Å². The first-order valence-corrected chi connectivity index (χ1v) is 8.42. The molecular formula is C12H24N2O5S. The van der Waals surface area contributed by atoms with Crippen molar-refractivity contribution < 1.29 is 22.7 Å². The molecule has 0 spiro atoms. The van der Waals surface area contributed by atoms with Crippen LogP contribution in [0.25, 0.3) is 0 Å². The summed E-state index contributed by atoms with van der Waals surface area (Å²) in [5.41, 5.74) is -0.636. The van der Waals surface area contributed by atoms with Crippen molar-refractivity contribution in [3.8, 4) is 0 Å². The van der Waals surface area contributed by atoms with Crippen molar-refractivity contribution in [3.63, 3.8) is 0 Å². The minimum Gasteiger partial charge on any atom is -0.459 e. The zero-order chi connectivity index (χ0) is 15.4. The standard InChI is InChI=1S/C12H24N2O5S/c1-12(2,3)19-11(15)9-14(20(4,16)17)8-10-7-13-5-6-18-10/h10,13H,5-9H2,1-4H3/t10-/m1/s1. The van der Waals surface area contributed by atoms with E-state index >= 15 is 0 Å². The molecule has 0 aromatic carbocycles. The van der Waals surface area contributed by atoms with Gasteiger partial charge >= 0.3 is 5.97 Å². The highest BCUT2D eigenvalue weighted by Gasteiger charge is 2.27. The van der Waals surface area contributed by atoms with Gasteiger partial charge in [0.1, 0.15) is 12.1 Å². The summed E-state index contributed by atoms with van der Waals surface area (Å²) >= 11 is 0. The van der Waals surface area contributed by atoms with E-state index in [2.05, 4.69) is 5.32 Å². The lowest BCUT2D eigenvalue weighted by Gasteiger charge is -2.29. The summed E-state index contributed by atoms with van der Waals surface area (Å²) in [5.74, 6) is -0.563. The molecule has 0 radical (unpaired) electrons. The van der Waals surface area contributed by atoms with E-state index in [1.165, 1.54) is 0 Å². The van der Waals surface area contributed by atoms with Gasteiger partial charge in [0.2, 0.25) is 10.0 Å². The number of nitrogens with one attached hydrogen (secondary N) is 1. The molecule has 1 saturated heterocycles. The fraction of sp³-hybridized carbons (Fsp3) is 0.917. The number of carbonyl (C=O) groups is 1. The highest BCUT2D eigenvalue weighted by molar-refractivity contribution is 7.88. The van der Waals surface area contributed by atoms with Crippen LogP contribution in [0.2, 0.25) is 0 Å². The highest BCUT2D eigenvalue weighted by atomic mass is 32.2. The summed E-state index contributed by atoms with van der Waals surface area (Å²) in [7, 11) is -3.49. The second-order valence-corrected chi connectivity index (χ2v) is 7.82. The molecule has 0 aromatic rings. The molecule has 1 atom stereocenters. The Hall–Kier alpha value is -0.700. The third-order valence-corrected chi connectivity index (χ3v) is 3.82. The fourth-order valence-corrected chi connectivity index (χ4v) is 2.58. The molecule has 1 rings (SSSR count). The van der Waals surface area contributed by atoms with Gasteiger partial charge < -0.3 is 14.8 Å².